The van der Waals surface area contributed by atoms with Crippen molar-refractivity contribution >= 4 is 29.2 Å². The lowest BCUT2D eigenvalue weighted by atomic mass is 10.0. The highest BCUT2D eigenvalue weighted by molar-refractivity contribution is 8.09. The van der Waals surface area contributed by atoms with E-state index in [2.05, 4.69) is 4.98 Å². The van der Waals surface area contributed by atoms with Gasteiger partial charge in [0.25, 0.3) is 0 Å². The molecule has 168 valence electrons. The van der Waals surface area contributed by atoms with Crippen LogP contribution in [-0.4, -0.2) is 40.6 Å². The van der Waals surface area contributed by atoms with Crippen LogP contribution in [-0.2, 0) is 11.0 Å². The van der Waals surface area contributed by atoms with Gasteiger partial charge in [0.15, 0.2) is 0 Å². The number of hydrogen-bond acceptors (Lipinski definition) is 6. The topological polar surface area (TPSA) is 86.2 Å². The lowest BCUT2D eigenvalue weighted by Crippen LogP contribution is -2.49. The van der Waals surface area contributed by atoms with Crippen molar-refractivity contribution in [3.63, 3.8) is 0 Å². The minimum Gasteiger partial charge on any atom is -0.338 e. The summed E-state index contributed by atoms with van der Waals surface area (Å²) < 4.78 is 40.8. The van der Waals surface area contributed by atoms with Crippen LogP contribution in [0.1, 0.15) is 28.8 Å². The molecule has 0 saturated carbocycles. The van der Waals surface area contributed by atoms with Gasteiger partial charge in [0.1, 0.15) is 27.6 Å². The minimum atomic E-state index is -4.69. The molecule has 3 heterocycles. The Labute approximate surface area is 188 Å². The molecule has 0 aliphatic carbocycles. The van der Waals surface area contributed by atoms with Gasteiger partial charge in [-0.05, 0) is 44.0 Å². The van der Waals surface area contributed by atoms with Crippen LogP contribution in [0.4, 0.5) is 24.7 Å². The van der Waals surface area contributed by atoms with E-state index in [4.69, 9.17) is 5.73 Å². The molecule has 4 rings (SSSR count). The van der Waals surface area contributed by atoms with Crippen molar-refractivity contribution in [2.24, 2.45) is 5.73 Å². The Balaban J connectivity index is 1.72. The molecule has 2 aromatic rings. The van der Waals surface area contributed by atoms with Gasteiger partial charge in [0.05, 0.1) is 5.56 Å². The van der Waals surface area contributed by atoms with Crippen LogP contribution in [0.3, 0.4) is 0 Å². The van der Waals surface area contributed by atoms with Gasteiger partial charge in [0.2, 0.25) is 5.91 Å². The summed E-state index contributed by atoms with van der Waals surface area (Å²) in [6.07, 6.45) is -4.22. The highest BCUT2D eigenvalue weighted by Crippen LogP contribution is 2.62. The lowest BCUT2D eigenvalue weighted by molar-refractivity contribution is -0.137. The van der Waals surface area contributed by atoms with Gasteiger partial charge >= 0.3 is 6.18 Å². The fourth-order valence-electron chi connectivity index (χ4n) is 4.32. The molecule has 1 aromatic heterocycles. The lowest BCUT2D eigenvalue weighted by Gasteiger charge is -2.30. The minimum absolute atomic E-state index is 0.0613. The second kappa shape index (κ2) is 7.67. The highest BCUT2D eigenvalue weighted by Gasteiger charge is 2.70. The first-order valence-electron chi connectivity index (χ1n) is 10.0. The smallest absolute Gasteiger partial charge is 0.338 e. The molecule has 2 N–H and O–H groups in total. The van der Waals surface area contributed by atoms with E-state index in [0.717, 1.165) is 17.3 Å². The third-order valence-electron chi connectivity index (χ3n) is 5.99. The van der Waals surface area contributed by atoms with E-state index >= 15 is 0 Å². The second-order valence-corrected chi connectivity index (χ2v) is 9.51. The van der Waals surface area contributed by atoms with Crippen LogP contribution < -0.4 is 15.5 Å². The van der Waals surface area contributed by atoms with E-state index in [0.29, 0.717) is 13.0 Å². The summed E-state index contributed by atoms with van der Waals surface area (Å²) >= 11 is 1.31. The number of thioether (sulfide) groups is 1. The number of aryl methyl sites for hydroxylation is 2. The predicted molar refractivity (Wildman–Crippen MR) is 117 cm³/mol. The van der Waals surface area contributed by atoms with Gasteiger partial charge in [-0.15, -0.1) is 11.8 Å². The maximum absolute atomic E-state index is 13.6. The number of nitrogens with two attached hydrogens (primary N) is 1. The summed E-state index contributed by atoms with van der Waals surface area (Å²) in [4.78, 5) is 19.8. The summed E-state index contributed by atoms with van der Waals surface area (Å²) in [5.41, 5.74) is 6.69. The average molecular weight is 462 g/mol. The number of rotatable bonds is 3. The molecule has 2 fully saturated rings. The highest BCUT2D eigenvalue weighted by atomic mass is 32.2. The van der Waals surface area contributed by atoms with Gasteiger partial charge in [-0.3, -0.25) is 4.79 Å². The molecule has 10 heteroatoms. The van der Waals surface area contributed by atoms with Crippen molar-refractivity contribution in [3.05, 3.63) is 52.7 Å². The average Bonchev–Trinajstić information content (AvgIpc) is 3.39. The number of pyridine rings is 1. The molecule has 2 aliphatic heterocycles. The number of carbonyl (C=O) groups excluding carboxylic acids is 1. The molecule has 2 saturated heterocycles. The number of aromatic nitrogens is 1. The van der Waals surface area contributed by atoms with E-state index in [1.807, 2.05) is 31.2 Å². The molecule has 1 amide bonds. The number of carbonyl (C=O) groups is 1. The quantitative estimate of drug-likeness (QED) is 0.703. The van der Waals surface area contributed by atoms with E-state index in [-0.39, 0.29) is 17.4 Å². The maximum Gasteiger partial charge on any atom is 0.417 e. The van der Waals surface area contributed by atoms with Gasteiger partial charge < -0.3 is 15.5 Å². The number of amides is 1. The molecular weight excluding hydrogens is 439 g/mol. The Morgan fingerprint density at radius 2 is 2.09 bits per heavy atom. The number of halogens is 3. The second-order valence-electron chi connectivity index (χ2n) is 8.15. The van der Waals surface area contributed by atoms with Crippen LogP contribution in [0, 0.1) is 25.2 Å². The molecular formula is C22H22F3N5OS. The van der Waals surface area contributed by atoms with E-state index in [9.17, 15) is 23.2 Å². The largest absolute Gasteiger partial charge is 0.417 e. The summed E-state index contributed by atoms with van der Waals surface area (Å²) in [5, 5.41) is 9.00. The van der Waals surface area contributed by atoms with Gasteiger partial charge in [-0.2, -0.15) is 18.4 Å². The summed E-state index contributed by atoms with van der Waals surface area (Å²) in [5.74, 6) is -0.251. The molecule has 3 atom stereocenters. The van der Waals surface area contributed by atoms with Crippen molar-refractivity contribution in [3.8, 4) is 6.07 Å². The Kier molecular flexibility index (Phi) is 5.38. The Hall–Kier alpha value is -2.77. The summed E-state index contributed by atoms with van der Waals surface area (Å²) in [6, 6.07) is 9.60. The predicted octanol–water partition coefficient (Wildman–Crippen LogP) is 3.60. The molecule has 6 nitrogen and oxygen atoms in total. The maximum atomic E-state index is 13.6. The fourth-order valence-corrected chi connectivity index (χ4v) is 5.88. The van der Waals surface area contributed by atoms with Crippen LogP contribution in [0.2, 0.25) is 0 Å². The normalized spacial score (nSPS) is 24.5. The summed E-state index contributed by atoms with van der Waals surface area (Å²) in [7, 11) is 1.67. The van der Waals surface area contributed by atoms with Crippen molar-refractivity contribution in [2.75, 3.05) is 23.4 Å². The zero-order chi connectivity index (χ0) is 23.4. The van der Waals surface area contributed by atoms with Gasteiger partial charge in [-0.1, -0.05) is 12.1 Å². The Morgan fingerprint density at radius 1 is 1.38 bits per heavy atom. The third-order valence-corrected chi connectivity index (χ3v) is 7.67. The van der Waals surface area contributed by atoms with Crippen LogP contribution in [0.5, 0.6) is 0 Å². The van der Waals surface area contributed by atoms with Crippen LogP contribution in [0.15, 0.2) is 30.3 Å². The van der Waals surface area contributed by atoms with Crippen LogP contribution >= 0.6 is 11.8 Å². The molecule has 1 spiro atoms. The van der Waals surface area contributed by atoms with E-state index in [1.165, 1.54) is 18.7 Å². The molecule has 32 heavy (non-hydrogen) atoms. The molecule has 0 radical (unpaired) electrons. The van der Waals surface area contributed by atoms with Gasteiger partial charge in [-0.25, -0.2) is 4.98 Å². The van der Waals surface area contributed by atoms with Crippen molar-refractivity contribution < 1.29 is 18.0 Å². The number of alkyl halides is 3. The van der Waals surface area contributed by atoms with Crippen LogP contribution in [0.25, 0.3) is 0 Å². The number of nitrogens with zero attached hydrogens (tertiary/aromatic N) is 4. The van der Waals surface area contributed by atoms with E-state index in [1.54, 1.807) is 22.9 Å². The number of benzene rings is 1. The first-order chi connectivity index (χ1) is 15.0. The molecule has 0 bridgehead atoms. The van der Waals surface area contributed by atoms with E-state index < -0.39 is 33.5 Å². The van der Waals surface area contributed by atoms with Crippen molar-refractivity contribution in [1.82, 2.24) is 4.98 Å². The molecule has 1 aromatic carbocycles. The number of anilines is 2. The standard InChI is InChI=1S/C22H22F3N5OS/c1-12-5-4-6-14(9-12)29(3)20(31)18-21(32-18)17(27)7-8-30(21)19-15(11-26)16(22(23,24)25)10-13(2)28-19/h4-6,9-10,17-18H,7-8,27H2,1-3H3/t17-,18+,21?/m1/s1. The SMILES string of the molecule is Cc1cccc(N(C)C(=O)[C@@H]2SC23[C@H](N)CCN3c2nc(C)cc(C(F)(F)F)c2C#N)c1. The zero-order valence-electron chi connectivity index (χ0n) is 17.8. The number of hydrogen-bond donors (Lipinski definition) is 1. The number of nitriles is 1. The van der Waals surface area contributed by atoms with Crippen molar-refractivity contribution in [1.29, 1.82) is 5.26 Å². The Bertz CT molecular complexity index is 1130. The fraction of sp³-hybridized carbons (Fsp3) is 0.409. The zero-order valence-corrected chi connectivity index (χ0v) is 18.6. The first kappa shape index (κ1) is 22.4. The molecule has 2 aliphatic rings. The Morgan fingerprint density at radius 3 is 2.72 bits per heavy atom. The van der Waals surface area contributed by atoms with Gasteiger partial charge in [0, 0.05) is 31.0 Å². The summed E-state index contributed by atoms with van der Waals surface area (Å²) in [6.45, 7) is 3.69. The first-order valence-corrected chi connectivity index (χ1v) is 10.9. The monoisotopic (exact) mass is 461 g/mol. The van der Waals surface area contributed by atoms with Crippen molar-refractivity contribution in [2.45, 2.75) is 42.6 Å². The third kappa shape index (κ3) is 3.49. The molecule has 1 unspecified atom stereocenters.